The van der Waals surface area contributed by atoms with Gasteiger partial charge in [0.05, 0.1) is 12.7 Å². The van der Waals surface area contributed by atoms with Crippen LogP contribution in [-0.2, 0) is 16.1 Å². The van der Waals surface area contributed by atoms with Crippen LogP contribution in [0.1, 0.15) is 38.0 Å². The van der Waals surface area contributed by atoms with Crippen LogP contribution in [0.15, 0.2) is 42.5 Å². The van der Waals surface area contributed by atoms with Gasteiger partial charge in [-0.1, -0.05) is 50.6 Å². The molecular formula is C24H29ClF2N2O2. The van der Waals surface area contributed by atoms with Crippen LogP contribution in [0, 0.1) is 17.0 Å². The molecule has 1 aliphatic heterocycles. The van der Waals surface area contributed by atoms with Crippen molar-refractivity contribution in [2.24, 2.45) is 5.41 Å². The van der Waals surface area contributed by atoms with E-state index < -0.39 is 17.0 Å². The molecule has 168 valence electrons. The van der Waals surface area contributed by atoms with Crippen LogP contribution in [-0.4, -0.2) is 48.4 Å². The van der Waals surface area contributed by atoms with Crippen molar-refractivity contribution in [1.29, 1.82) is 0 Å². The summed E-state index contributed by atoms with van der Waals surface area (Å²) in [4.78, 5) is 16.6. The number of hydrogen-bond donors (Lipinski definition) is 0. The number of carbonyl (C=O) groups is 1. The van der Waals surface area contributed by atoms with Gasteiger partial charge >= 0.3 is 0 Å². The van der Waals surface area contributed by atoms with Crippen LogP contribution < -0.4 is 0 Å². The van der Waals surface area contributed by atoms with Crippen molar-refractivity contribution >= 4 is 17.5 Å². The second kappa shape index (κ2) is 10.1. The highest BCUT2D eigenvalue weighted by Crippen LogP contribution is 2.25. The molecule has 0 saturated carbocycles. The van der Waals surface area contributed by atoms with Gasteiger partial charge in [-0.05, 0) is 29.8 Å². The van der Waals surface area contributed by atoms with Crippen molar-refractivity contribution in [2.75, 3.05) is 32.7 Å². The lowest BCUT2D eigenvalue weighted by Gasteiger charge is -2.38. The lowest BCUT2D eigenvalue weighted by molar-refractivity contribution is -0.141. The zero-order valence-electron chi connectivity index (χ0n) is 18.2. The zero-order chi connectivity index (χ0) is 22.6. The fourth-order valence-electron chi connectivity index (χ4n) is 3.63. The van der Waals surface area contributed by atoms with Gasteiger partial charge in [0.15, 0.2) is 0 Å². The third-order valence-electron chi connectivity index (χ3n) is 5.46. The monoisotopic (exact) mass is 450 g/mol. The molecule has 1 aliphatic rings. The van der Waals surface area contributed by atoms with E-state index in [1.807, 2.05) is 37.8 Å². The summed E-state index contributed by atoms with van der Waals surface area (Å²) in [6, 6.07) is 11.1. The van der Waals surface area contributed by atoms with Crippen LogP contribution in [0.3, 0.4) is 0 Å². The highest BCUT2D eigenvalue weighted by molar-refractivity contribution is 6.30. The van der Waals surface area contributed by atoms with Gasteiger partial charge in [0.25, 0.3) is 0 Å². The fraction of sp³-hybridized carbons (Fsp3) is 0.458. The minimum Gasteiger partial charge on any atom is -0.367 e. The molecule has 0 aliphatic carbocycles. The molecular weight excluding hydrogens is 422 g/mol. The molecule has 0 spiro atoms. The van der Waals surface area contributed by atoms with E-state index >= 15 is 0 Å². The van der Waals surface area contributed by atoms with Gasteiger partial charge in [0, 0.05) is 48.7 Å². The van der Waals surface area contributed by atoms with Crippen LogP contribution in [0.25, 0.3) is 0 Å². The number of benzene rings is 2. The maximum absolute atomic E-state index is 14.0. The largest absolute Gasteiger partial charge is 0.367 e. The SMILES string of the molecule is CC(C)(C)C(=O)N1CCN(C[C@H](OCc2c(F)cccc2F)c2ccc(Cl)cc2)CC1. The van der Waals surface area contributed by atoms with E-state index in [2.05, 4.69) is 4.90 Å². The maximum Gasteiger partial charge on any atom is 0.228 e. The number of amides is 1. The van der Waals surface area contributed by atoms with E-state index in [1.165, 1.54) is 18.2 Å². The number of halogens is 3. The van der Waals surface area contributed by atoms with Gasteiger partial charge in [-0.3, -0.25) is 9.69 Å². The van der Waals surface area contributed by atoms with E-state index in [4.69, 9.17) is 16.3 Å². The number of nitrogens with zero attached hydrogens (tertiary/aromatic N) is 2. The van der Waals surface area contributed by atoms with Crippen molar-refractivity contribution in [3.8, 4) is 0 Å². The predicted octanol–water partition coefficient (Wildman–Crippen LogP) is 5.07. The smallest absolute Gasteiger partial charge is 0.228 e. The van der Waals surface area contributed by atoms with Crippen molar-refractivity contribution in [3.05, 3.63) is 70.2 Å². The second-order valence-electron chi connectivity index (χ2n) is 8.89. The first-order valence-electron chi connectivity index (χ1n) is 10.5. The van der Waals surface area contributed by atoms with Crippen molar-refractivity contribution in [3.63, 3.8) is 0 Å². The summed E-state index contributed by atoms with van der Waals surface area (Å²) >= 11 is 6.02. The van der Waals surface area contributed by atoms with E-state index in [0.717, 1.165) is 5.56 Å². The molecule has 2 aromatic carbocycles. The second-order valence-corrected chi connectivity index (χ2v) is 9.33. The first-order valence-corrected chi connectivity index (χ1v) is 10.8. The molecule has 1 saturated heterocycles. The molecule has 0 N–H and O–H groups in total. The molecule has 1 fully saturated rings. The summed E-state index contributed by atoms with van der Waals surface area (Å²) in [5.41, 5.74) is 0.400. The standard InChI is InChI=1S/C24H29ClF2N2O2/c1-24(2,3)23(30)29-13-11-28(12-14-29)15-22(17-7-9-18(25)10-8-17)31-16-19-20(26)5-4-6-21(19)27/h4-10,22H,11-16H2,1-3H3/t22-/m0/s1. The van der Waals surface area contributed by atoms with Gasteiger partial charge in [0.2, 0.25) is 5.91 Å². The Kier molecular flexibility index (Phi) is 7.68. The topological polar surface area (TPSA) is 32.8 Å². The molecule has 2 aromatic rings. The Balaban J connectivity index is 1.68. The molecule has 0 radical (unpaired) electrons. The molecule has 0 bridgehead atoms. The molecule has 1 amide bonds. The summed E-state index contributed by atoms with van der Waals surface area (Å²) in [6.07, 6.45) is -0.388. The van der Waals surface area contributed by atoms with Crippen LogP contribution in [0.4, 0.5) is 8.78 Å². The van der Waals surface area contributed by atoms with E-state index in [-0.39, 0.29) is 24.2 Å². The first kappa shape index (κ1) is 23.6. The average Bonchev–Trinajstić information content (AvgIpc) is 2.72. The third kappa shape index (κ3) is 6.25. The minimum atomic E-state index is -0.621. The Hall–Kier alpha value is -2.02. The summed E-state index contributed by atoms with van der Waals surface area (Å²) in [5, 5.41) is 0.608. The van der Waals surface area contributed by atoms with E-state index in [9.17, 15) is 13.6 Å². The van der Waals surface area contributed by atoms with E-state index in [0.29, 0.717) is 37.7 Å². The molecule has 1 heterocycles. The Bertz CT molecular complexity index is 871. The molecule has 4 nitrogen and oxygen atoms in total. The minimum absolute atomic E-state index is 0.0814. The predicted molar refractivity (Wildman–Crippen MR) is 118 cm³/mol. The van der Waals surface area contributed by atoms with Gasteiger partial charge in [-0.15, -0.1) is 0 Å². The Labute approximate surface area is 187 Å². The number of hydrogen-bond acceptors (Lipinski definition) is 3. The van der Waals surface area contributed by atoms with Gasteiger partial charge in [-0.25, -0.2) is 8.78 Å². The highest BCUT2D eigenvalue weighted by Gasteiger charge is 2.30. The summed E-state index contributed by atoms with van der Waals surface area (Å²) < 4.78 is 34.1. The number of rotatable bonds is 6. The lowest BCUT2D eigenvalue weighted by atomic mass is 9.94. The molecule has 3 rings (SSSR count). The van der Waals surface area contributed by atoms with Crippen LogP contribution in [0.5, 0.6) is 0 Å². The molecule has 0 aromatic heterocycles. The fourth-order valence-corrected chi connectivity index (χ4v) is 3.75. The first-order chi connectivity index (χ1) is 14.6. The van der Waals surface area contributed by atoms with Crippen LogP contribution >= 0.6 is 11.6 Å². The van der Waals surface area contributed by atoms with Gasteiger partial charge in [0.1, 0.15) is 11.6 Å². The summed E-state index contributed by atoms with van der Waals surface area (Å²) in [7, 11) is 0. The molecule has 1 atom stereocenters. The average molecular weight is 451 g/mol. The van der Waals surface area contributed by atoms with Crippen molar-refractivity contribution < 1.29 is 18.3 Å². The third-order valence-corrected chi connectivity index (χ3v) is 5.71. The lowest BCUT2D eigenvalue weighted by Crippen LogP contribution is -2.52. The van der Waals surface area contributed by atoms with Crippen LogP contribution in [0.2, 0.25) is 5.02 Å². The summed E-state index contributed by atoms with van der Waals surface area (Å²) in [5.74, 6) is -1.10. The Morgan fingerprint density at radius 1 is 1.03 bits per heavy atom. The van der Waals surface area contributed by atoms with E-state index in [1.54, 1.807) is 12.1 Å². The number of ether oxygens (including phenoxy) is 1. The van der Waals surface area contributed by atoms with Gasteiger partial charge < -0.3 is 9.64 Å². The van der Waals surface area contributed by atoms with Gasteiger partial charge in [-0.2, -0.15) is 0 Å². The number of piperazine rings is 1. The molecule has 31 heavy (non-hydrogen) atoms. The molecule has 7 heteroatoms. The Morgan fingerprint density at radius 3 is 2.16 bits per heavy atom. The van der Waals surface area contributed by atoms with Crippen molar-refractivity contribution in [1.82, 2.24) is 9.80 Å². The number of carbonyl (C=O) groups excluding carboxylic acids is 1. The summed E-state index contributed by atoms with van der Waals surface area (Å²) in [6.45, 7) is 8.86. The Morgan fingerprint density at radius 2 is 1.61 bits per heavy atom. The zero-order valence-corrected chi connectivity index (χ0v) is 19.0. The highest BCUT2D eigenvalue weighted by atomic mass is 35.5. The maximum atomic E-state index is 14.0. The molecule has 0 unspecified atom stereocenters. The quantitative estimate of drug-likeness (QED) is 0.616. The normalized spacial score (nSPS) is 16.4. The van der Waals surface area contributed by atoms with Crippen molar-refractivity contribution in [2.45, 2.75) is 33.5 Å².